The van der Waals surface area contributed by atoms with Crippen LogP contribution in [0.2, 0.25) is 0 Å². The van der Waals surface area contributed by atoms with E-state index in [1.807, 2.05) is 34.1 Å². The highest BCUT2D eigenvalue weighted by Gasteiger charge is 2.19. The number of nitrogens with zero attached hydrogens (tertiary/aromatic N) is 2. The molecule has 2 atom stereocenters. The topological polar surface area (TPSA) is 244 Å². The minimum absolute atomic E-state index is 0. The molecule has 0 aromatic heterocycles. The summed E-state index contributed by atoms with van der Waals surface area (Å²) in [6.45, 7) is 8.75. The molecule has 0 radical (unpaired) electrons. The molecule has 0 aromatic rings. The second-order valence-corrected chi connectivity index (χ2v) is 12.9. The van der Waals surface area contributed by atoms with E-state index in [0.717, 1.165) is 19.3 Å². The number of nitrogens with one attached hydrogen (secondary N) is 4. The highest BCUT2D eigenvalue weighted by molar-refractivity contribution is 5.86. The highest BCUT2D eigenvalue weighted by atomic mass is 35.5. The fraction of sp³-hybridized carbons (Fsp3) is 0.757. The summed E-state index contributed by atoms with van der Waals surface area (Å²) in [7, 11) is 0. The molecule has 0 aliphatic carbocycles. The molecule has 20 heteroatoms. The molecule has 0 unspecified atom stereocenters. The van der Waals surface area contributed by atoms with E-state index in [0.29, 0.717) is 130 Å². The van der Waals surface area contributed by atoms with Gasteiger partial charge in [0.15, 0.2) is 0 Å². The third-order valence-corrected chi connectivity index (χ3v) is 8.23. The highest BCUT2D eigenvalue weighted by Crippen LogP contribution is 2.04. The molecular weight excluding hydrogens is 842 g/mol. The molecular formula is C37H77Cl5N10O5. The molecule has 0 saturated heterocycles. The zero-order valence-corrected chi connectivity index (χ0v) is 38.3. The van der Waals surface area contributed by atoms with E-state index in [2.05, 4.69) is 35.1 Å². The number of carbonyl (C=O) groups is 5. The van der Waals surface area contributed by atoms with Gasteiger partial charge in [0.25, 0.3) is 0 Å². The van der Waals surface area contributed by atoms with Crippen molar-refractivity contribution in [3.05, 3.63) is 24.3 Å². The molecule has 0 spiro atoms. The molecule has 57 heavy (non-hydrogen) atoms. The van der Waals surface area contributed by atoms with Crippen LogP contribution in [-0.4, -0.2) is 123 Å². The zero-order chi connectivity index (χ0) is 38.8. The number of unbranched alkanes of at least 4 members (excludes halogenated alkanes) is 1. The average molecular weight is 919 g/mol. The SMILES string of the molecule is CC/C=C\CCC(=O)NCCCCN(CCCNC(=O)CC/C=C\CC)C(=O)CN(CCCNC(=O)[C@@H](N)CCN)CCCNC(=O)[C@@H](N)CCN.Cl.Cl.Cl.Cl.Cl. The first kappa shape index (κ1) is 66.9. The fourth-order valence-corrected chi connectivity index (χ4v) is 5.16. The Labute approximate surface area is 373 Å². The van der Waals surface area contributed by atoms with Gasteiger partial charge in [-0.05, 0) is 83.7 Å². The second-order valence-electron chi connectivity index (χ2n) is 12.9. The van der Waals surface area contributed by atoms with Crippen molar-refractivity contribution in [3.8, 4) is 0 Å². The lowest BCUT2D eigenvalue weighted by molar-refractivity contribution is -0.133. The molecule has 0 aliphatic heterocycles. The summed E-state index contributed by atoms with van der Waals surface area (Å²) in [5.74, 6) is -0.571. The number of hydrogen-bond acceptors (Lipinski definition) is 10. The van der Waals surface area contributed by atoms with Crippen LogP contribution in [-0.2, 0) is 24.0 Å². The van der Waals surface area contributed by atoms with E-state index >= 15 is 0 Å². The van der Waals surface area contributed by atoms with E-state index in [9.17, 15) is 24.0 Å². The normalized spacial score (nSPS) is 11.5. The van der Waals surface area contributed by atoms with Crippen molar-refractivity contribution in [1.82, 2.24) is 31.1 Å². The first-order chi connectivity index (χ1) is 25.1. The standard InChI is InChI=1S/C37H72N10O5.5ClH/c1-3-5-7-9-16-33(48)42-22-11-12-28-47(29-15-23-43-34(49)17-10-8-6-4-2)35(50)30-46(26-13-24-44-36(51)31(40)18-20-38)27-14-25-45-37(52)32(41)19-21-39;;;;;/h5-8,31-32H,3-4,9-30,38-41H2,1-2H3,(H,42,48)(H,43,49)(H,44,51)(H,45,52);5*1H/b7-5-,8-6-;;;;;/t31-,32-;;;;;/m0...../s1. The largest absolute Gasteiger partial charge is 0.356 e. The molecule has 0 heterocycles. The van der Waals surface area contributed by atoms with Gasteiger partial charge in [-0.1, -0.05) is 38.2 Å². The van der Waals surface area contributed by atoms with Crippen LogP contribution < -0.4 is 44.2 Å². The van der Waals surface area contributed by atoms with E-state index < -0.39 is 12.1 Å². The van der Waals surface area contributed by atoms with Gasteiger partial charge in [0, 0.05) is 65.2 Å². The minimum Gasteiger partial charge on any atom is -0.356 e. The Bertz CT molecular complexity index is 1030. The van der Waals surface area contributed by atoms with Gasteiger partial charge in [0.2, 0.25) is 29.5 Å². The Morgan fingerprint density at radius 2 is 0.930 bits per heavy atom. The third-order valence-electron chi connectivity index (χ3n) is 8.23. The van der Waals surface area contributed by atoms with Crippen LogP contribution in [0.1, 0.15) is 97.3 Å². The van der Waals surface area contributed by atoms with Gasteiger partial charge < -0.3 is 49.1 Å². The maximum atomic E-state index is 13.7. The predicted molar refractivity (Wildman–Crippen MR) is 245 cm³/mol. The van der Waals surface area contributed by atoms with Gasteiger partial charge >= 0.3 is 0 Å². The van der Waals surface area contributed by atoms with Gasteiger partial charge in [0.1, 0.15) is 0 Å². The number of nitrogens with two attached hydrogens (primary N) is 4. The number of allylic oxidation sites excluding steroid dienone is 4. The molecule has 0 aliphatic rings. The van der Waals surface area contributed by atoms with Crippen molar-refractivity contribution in [1.29, 1.82) is 0 Å². The molecule has 0 fully saturated rings. The lowest BCUT2D eigenvalue weighted by Gasteiger charge is -2.28. The van der Waals surface area contributed by atoms with Gasteiger partial charge in [0.05, 0.1) is 18.6 Å². The minimum atomic E-state index is -0.663. The van der Waals surface area contributed by atoms with Crippen molar-refractivity contribution >= 4 is 91.6 Å². The fourth-order valence-electron chi connectivity index (χ4n) is 5.16. The Kier molecular flexibility index (Phi) is 54.9. The van der Waals surface area contributed by atoms with Gasteiger partial charge in [-0.25, -0.2) is 0 Å². The number of amides is 5. The quantitative estimate of drug-likeness (QED) is 0.0353. The molecule has 15 nitrogen and oxygen atoms in total. The van der Waals surface area contributed by atoms with E-state index in [1.54, 1.807) is 0 Å². The van der Waals surface area contributed by atoms with Crippen molar-refractivity contribution in [2.45, 2.75) is 109 Å². The molecule has 12 N–H and O–H groups in total. The summed E-state index contributed by atoms with van der Waals surface area (Å²) in [6, 6.07) is -1.33. The van der Waals surface area contributed by atoms with Crippen molar-refractivity contribution in [2.75, 3.05) is 72.0 Å². The van der Waals surface area contributed by atoms with Crippen LogP contribution in [0.15, 0.2) is 24.3 Å². The molecule has 0 aromatic carbocycles. The van der Waals surface area contributed by atoms with E-state index in [-0.39, 0.29) is 98.1 Å². The first-order valence-corrected chi connectivity index (χ1v) is 19.4. The Morgan fingerprint density at radius 3 is 1.35 bits per heavy atom. The number of halogens is 5. The Hall–Kier alpha value is -1.92. The summed E-state index contributed by atoms with van der Waals surface area (Å²) in [5.41, 5.74) is 22.8. The maximum Gasteiger partial charge on any atom is 0.236 e. The molecule has 5 amide bonds. The van der Waals surface area contributed by atoms with Crippen LogP contribution in [0.5, 0.6) is 0 Å². The third kappa shape index (κ3) is 39.3. The summed E-state index contributed by atoms with van der Waals surface area (Å²) < 4.78 is 0. The first-order valence-electron chi connectivity index (χ1n) is 19.4. The Morgan fingerprint density at radius 1 is 0.544 bits per heavy atom. The van der Waals surface area contributed by atoms with Crippen molar-refractivity contribution in [2.24, 2.45) is 22.9 Å². The van der Waals surface area contributed by atoms with Crippen LogP contribution in [0.4, 0.5) is 0 Å². The molecule has 0 rings (SSSR count). The van der Waals surface area contributed by atoms with Crippen molar-refractivity contribution in [3.63, 3.8) is 0 Å². The number of hydrogen-bond donors (Lipinski definition) is 8. The lowest BCUT2D eigenvalue weighted by Crippen LogP contribution is -2.45. The maximum absolute atomic E-state index is 13.7. The number of rotatable bonds is 33. The zero-order valence-electron chi connectivity index (χ0n) is 34.2. The van der Waals surface area contributed by atoms with Crippen LogP contribution in [0.25, 0.3) is 0 Å². The van der Waals surface area contributed by atoms with Gasteiger partial charge in [-0.2, -0.15) is 0 Å². The van der Waals surface area contributed by atoms with Crippen LogP contribution in [0, 0.1) is 0 Å². The second kappa shape index (κ2) is 46.8. The van der Waals surface area contributed by atoms with Crippen LogP contribution in [0.3, 0.4) is 0 Å². The van der Waals surface area contributed by atoms with Crippen molar-refractivity contribution < 1.29 is 24.0 Å². The lowest BCUT2D eigenvalue weighted by atomic mass is 10.2. The average Bonchev–Trinajstić information content (AvgIpc) is 3.12. The van der Waals surface area contributed by atoms with E-state index in [4.69, 9.17) is 22.9 Å². The van der Waals surface area contributed by atoms with E-state index in [1.165, 1.54) is 0 Å². The molecule has 340 valence electrons. The summed E-state index contributed by atoms with van der Waals surface area (Å²) in [4.78, 5) is 66.5. The van der Waals surface area contributed by atoms with Gasteiger partial charge in [-0.3, -0.25) is 28.9 Å². The molecule has 0 saturated carbocycles. The van der Waals surface area contributed by atoms with Gasteiger partial charge in [-0.15, -0.1) is 62.0 Å². The van der Waals surface area contributed by atoms with Crippen LogP contribution >= 0.6 is 62.0 Å². The summed E-state index contributed by atoms with van der Waals surface area (Å²) in [6.07, 6.45) is 16.3. The Balaban J connectivity index is -0.00000130. The summed E-state index contributed by atoms with van der Waals surface area (Å²) in [5, 5.41) is 11.6. The predicted octanol–water partition coefficient (Wildman–Crippen LogP) is 2.49. The summed E-state index contributed by atoms with van der Waals surface area (Å²) >= 11 is 0. The number of carbonyl (C=O) groups excluding carboxylic acids is 5. The monoisotopic (exact) mass is 916 g/mol. The molecule has 0 bridgehead atoms. The smallest absolute Gasteiger partial charge is 0.236 e.